The average Bonchev–Trinajstić information content (AvgIpc) is 2.47. The summed E-state index contributed by atoms with van der Waals surface area (Å²) in [5, 5.41) is 14.7. The van der Waals surface area contributed by atoms with Crippen LogP contribution >= 0.6 is 0 Å². The number of hydrogen-bond donors (Lipinski definition) is 2. The molecule has 1 aliphatic carbocycles. The summed E-state index contributed by atoms with van der Waals surface area (Å²) in [6, 6.07) is 11.0. The predicted octanol–water partition coefficient (Wildman–Crippen LogP) is 3.51. The SMILES string of the molecule is O=C(NC1=CCCC=C1)c1cc2ccccc2cc1O. The molecule has 0 aliphatic heterocycles. The van der Waals surface area contributed by atoms with Gasteiger partial charge in [0.05, 0.1) is 5.56 Å². The van der Waals surface area contributed by atoms with Gasteiger partial charge in [-0.15, -0.1) is 0 Å². The Labute approximate surface area is 117 Å². The lowest BCUT2D eigenvalue weighted by molar-refractivity contribution is 0.0964. The van der Waals surface area contributed by atoms with Crippen molar-refractivity contribution in [2.45, 2.75) is 12.8 Å². The summed E-state index contributed by atoms with van der Waals surface area (Å²) in [5.41, 5.74) is 1.08. The number of allylic oxidation sites excluding steroid dienone is 3. The van der Waals surface area contributed by atoms with Crippen LogP contribution in [-0.4, -0.2) is 11.0 Å². The molecule has 0 spiro atoms. The molecule has 3 nitrogen and oxygen atoms in total. The van der Waals surface area contributed by atoms with Crippen LogP contribution in [0.2, 0.25) is 0 Å². The Hall–Kier alpha value is -2.55. The molecule has 2 N–H and O–H groups in total. The van der Waals surface area contributed by atoms with Gasteiger partial charge in [0.15, 0.2) is 0 Å². The number of aromatic hydroxyl groups is 1. The Morgan fingerprint density at radius 1 is 1.10 bits per heavy atom. The van der Waals surface area contributed by atoms with Gasteiger partial charge < -0.3 is 10.4 Å². The van der Waals surface area contributed by atoms with Gasteiger partial charge in [-0.25, -0.2) is 0 Å². The molecule has 0 aromatic heterocycles. The van der Waals surface area contributed by atoms with E-state index in [1.165, 1.54) is 0 Å². The smallest absolute Gasteiger partial charge is 0.259 e. The van der Waals surface area contributed by atoms with Gasteiger partial charge >= 0.3 is 0 Å². The average molecular weight is 265 g/mol. The molecule has 0 saturated heterocycles. The number of carbonyl (C=O) groups is 1. The first-order valence-corrected chi connectivity index (χ1v) is 6.64. The van der Waals surface area contributed by atoms with E-state index in [9.17, 15) is 9.90 Å². The molecule has 0 unspecified atom stereocenters. The van der Waals surface area contributed by atoms with E-state index >= 15 is 0 Å². The Kier molecular flexibility index (Phi) is 3.25. The lowest BCUT2D eigenvalue weighted by Gasteiger charge is -2.11. The van der Waals surface area contributed by atoms with E-state index in [2.05, 4.69) is 5.32 Å². The first-order valence-electron chi connectivity index (χ1n) is 6.64. The van der Waals surface area contributed by atoms with Crippen LogP contribution in [0.5, 0.6) is 5.75 Å². The van der Waals surface area contributed by atoms with Gasteiger partial charge in [0, 0.05) is 5.70 Å². The van der Waals surface area contributed by atoms with Gasteiger partial charge in [0.1, 0.15) is 5.75 Å². The Morgan fingerprint density at radius 2 is 1.85 bits per heavy atom. The molecule has 0 fully saturated rings. The summed E-state index contributed by atoms with van der Waals surface area (Å²) in [6.07, 6.45) is 7.82. The summed E-state index contributed by atoms with van der Waals surface area (Å²) in [5.74, 6) is -0.285. The highest BCUT2D eigenvalue weighted by atomic mass is 16.3. The summed E-state index contributed by atoms with van der Waals surface area (Å²) in [7, 11) is 0. The Morgan fingerprint density at radius 3 is 2.55 bits per heavy atom. The molecule has 3 heteroatoms. The number of benzene rings is 2. The van der Waals surface area contributed by atoms with E-state index in [-0.39, 0.29) is 11.7 Å². The van der Waals surface area contributed by atoms with Gasteiger partial charge in [0.2, 0.25) is 0 Å². The molecule has 1 amide bonds. The van der Waals surface area contributed by atoms with Crippen molar-refractivity contribution in [3.8, 4) is 5.75 Å². The van der Waals surface area contributed by atoms with E-state index in [1.54, 1.807) is 12.1 Å². The van der Waals surface area contributed by atoms with E-state index in [1.807, 2.05) is 42.5 Å². The summed E-state index contributed by atoms with van der Waals surface area (Å²) in [4.78, 5) is 12.2. The van der Waals surface area contributed by atoms with E-state index < -0.39 is 0 Å². The zero-order valence-corrected chi connectivity index (χ0v) is 11.0. The maximum atomic E-state index is 12.2. The van der Waals surface area contributed by atoms with Crippen molar-refractivity contribution >= 4 is 16.7 Å². The summed E-state index contributed by atoms with van der Waals surface area (Å²) in [6.45, 7) is 0. The van der Waals surface area contributed by atoms with E-state index in [4.69, 9.17) is 0 Å². The largest absolute Gasteiger partial charge is 0.507 e. The molecule has 2 aromatic carbocycles. The Bertz CT molecular complexity index is 729. The third-order valence-corrected chi connectivity index (χ3v) is 3.36. The van der Waals surface area contributed by atoms with Gasteiger partial charge in [-0.1, -0.05) is 36.4 Å². The van der Waals surface area contributed by atoms with Crippen molar-refractivity contribution in [2.24, 2.45) is 0 Å². The van der Waals surface area contributed by atoms with Crippen LogP contribution in [0.1, 0.15) is 23.2 Å². The van der Waals surface area contributed by atoms with Gasteiger partial charge in [0.25, 0.3) is 5.91 Å². The van der Waals surface area contributed by atoms with Crippen LogP contribution in [0.4, 0.5) is 0 Å². The zero-order chi connectivity index (χ0) is 13.9. The molecular weight excluding hydrogens is 250 g/mol. The van der Waals surface area contributed by atoms with E-state index in [0.29, 0.717) is 5.56 Å². The van der Waals surface area contributed by atoms with Gasteiger partial charge in [-0.05, 0) is 41.8 Å². The third-order valence-electron chi connectivity index (χ3n) is 3.36. The third kappa shape index (κ3) is 2.43. The van der Waals surface area contributed by atoms with Crippen molar-refractivity contribution in [2.75, 3.05) is 0 Å². The van der Waals surface area contributed by atoms with Crippen LogP contribution < -0.4 is 5.32 Å². The molecule has 0 saturated carbocycles. The first kappa shape index (κ1) is 12.5. The number of carbonyl (C=O) groups excluding carboxylic acids is 1. The topological polar surface area (TPSA) is 49.3 Å². The number of fused-ring (bicyclic) bond motifs is 1. The monoisotopic (exact) mass is 265 g/mol. The number of amides is 1. The van der Waals surface area contributed by atoms with Crippen LogP contribution in [0.25, 0.3) is 10.8 Å². The highest BCUT2D eigenvalue weighted by Gasteiger charge is 2.13. The van der Waals surface area contributed by atoms with Crippen LogP contribution in [0, 0.1) is 0 Å². The maximum Gasteiger partial charge on any atom is 0.259 e. The highest BCUT2D eigenvalue weighted by molar-refractivity contribution is 6.02. The quantitative estimate of drug-likeness (QED) is 0.873. The maximum absolute atomic E-state index is 12.2. The van der Waals surface area contributed by atoms with Crippen molar-refractivity contribution in [3.63, 3.8) is 0 Å². The lowest BCUT2D eigenvalue weighted by Crippen LogP contribution is -2.22. The number of phenolic OH excluding ortho intramolecular Hbond substituents is 1. The zero-order valence-electron chi connectivity index (χ0n) is 11.0. The van der Waals surface area contributed by atoms with Crippen molar-refractivity contribution in [1.29, 1.82) is 0 Å². The molecule has 100 valence electrons. The second-order valence-electron chi connectivity index (χ2n) is 4.81. The fourth-order valence-corrected chi connectivity index (χ4v) is 2.31. The van der Waals surface area contributed by atoms with E-state index in [0.717, 1.165) is 29.3 Å². The minimum Gasteiger partial charge on any atom is -0.507 e. The second-order valence-corrected chi connectivity index (χ2v) is 4.81. The molecule has 20 heavy (non-hydrogen) atoms. The molecule has 1 aliphatic rings. The van der Waals surface area contributed by atoms with Crippen molar-refractivity contribution in [1.82, 2.24) is 5.32 Å². The second kappa shape index (κ2) is 5.21. The molecule has 2 aromatic rings. The fraction of sp³-hybridized carbons (Fsp3) is 0.118. The summed E-state index contributed by atoms with van der Waals surface area (Å²) >= 11 is 0. The molecule has 0 radical (unpaired) electrons. The van der Waals surface area contributed by atoms with Crippen LogP contribution in [-0.2, 0) is 0 Å². The standard InChI is InChI=1S/C17H15NO2/c19-16-11-13-7-5-4-6-12(13)10-15(16)17(20)18-14-8-2-1-3-9-14/h2,4-11,19H,1,3H2,(H,18,20). The number of nitrogens with one attached hydrogen (secondary N) is 1. The molecule has 0 bridgehead atoms. The number of hydrogen-bond acceptors (Lipinski definition) is 2. The predicted molar refractivity (Wildman–Crippen MR) is 79.5 cm³/mol. The van der Waals surface area contributed by atoms with Gasteiger partial charge in [-0.3, -0.25) is 4.79 Å². The Balaban J connectivity index is 1.92. The number of rotatable bonds is 2. The fourth-order valence-electron chi connectivity index (χ4n) is 2.31. The minimum atomic E-state index is -0.286. The van der Waals surface area contributed by atoms with Gasteiger partial charge in [-0.2, -0.15) is 0 Å². The first-order chi connectivity index (χ1) is 9.74. The molecular formula is C17H15NO2. The summed E-state index contributed by atoms with van der Waals surface area (Å²) < 4.78 is 0. The normalized spacial score (nSPS) is 14.1. The van der Waals surface area contributed by atoms with Crippen molar-refractivity contribution < 1.29 is 9.90 Å². The highest BCUT2D eigenvalue weighted by Crippen LogP contribution is 2.25. The number of phenols is 1. The van der Waals surface area contributed by atoms with Crippen LogP contribution in [0.3, 0.4) is 0 Å². The van der Waals surface area contributed by atoms with Crippen LogP contribution in [0.15, 0.2) is 60.3 Å². The minimum absolute atomic E-state index is 0.00147. The molecule has 0 atom stereocenters. The lowest BCUT2D eigenvalue weighted by atomic mass is 10.0. The molecule has 0 heterocycles. The molecule has 3 rings (SSSR count). The van der Waals surface area contributed by atoms with Crippen molar-refractivity contribution in [3.05, 3.63) is 65.9 Å².